The van der Waals surface area contributed by atoms with Gasteiger partial charge in [0.05, 0.1) is 10.0 Å². The zero-order valence-corrected chi connectivity index (χ0v) is 12.3. The molecule has 0 fully saturated rings. The van der Waals surface area contributed by atoms with E-state index < -0.39 is 30.8 Å². The summed E-state index contributed by atoms with van der Waals surface area (Å²) < 4.78 is 24.4. The van der Waals surface area contributed by atoms with Gasteiger partial charge in [-0.05, 0) is 24.1 Å². The molecule has 1 unspecified atom stereocenters. The van der Waals surface area contributed by atoms with E-state index in [0.29, 0.717) is 16.5 Å². The number of rotatable bonds is 7. The number of carbonyl (C=O) groups is 2. The van der Waals surface area contributed by atoms with Gasteiger partial charge in [0, 0.05) is 12.8 Å². The standard InChI is InChI=1S/C13H13Cl2F2NO3/c14-8-3-1-7(5-9(8)15)2-4-12(19)18-10(13(20)21)6-11(16)17/h1,3,5,10-11H,2,4,6H2,(H,18,19)(H,20,21). The van der Waals surface area contributed by atoms with Crippen LogP contribution in [0.4, 0.5) is 8.78 Å². The molecule has 2 N–H and O–H groups in total. The van der Waals surface area contributed by atoms with Gasteiger partial charge in [0.15, 0.2) is 0 Å². The summed E-state index contributed by atoms with van der Waals surface area (Å²) in [4.78, 5) is 22.3. The van der Waals surface area contributed by atoms with E-state index in [-0.39, 0.29) is 6.42 Å². The van der Waals surface area contributed by atoms with Crippen molar-refractivity contribution in [2.45, 2.75) is 31.7 Å². The number of carboxylic acid groups (broad SMARTS) is 1. The number of benzene rings is 1. The second-order valence-corrected chi connectivity index (χ2v) is 5.15. The van der Waals surface area contributed by atoms with E-state index in [9.17, 15) is 18.4 Å². The second kappa shape index (κ2) is 8.14. The average Bonchev–Trinajstić information content (AvgIpc) is 2.38. The van der Waals surface area contributed by atoms with E-state index >= 15 is 0 Å². The maximum atomic E-state index is 12.2. The van der Waals surface area contributed by atoms with Crippen molar-refractivity contribution < 1.29 is 23.5 Å². The Kier molecular flexibility index (Phi) is 6.84. The second-order valence-electron chi connectivity index (χ2n) is 4.33. The van der Waals surface area contributed by atoms with Gasteiger partial charge in [0.1, 0.15) is 6.04 Å². The minimum absolute atomic E-state index is 0.0367. The van der Waals surface area contributed by atoms with Crippen molar-refractivity contribution in [1.29, 1.82) is 0 Å². The first kappa shape index (κ1) is 17.7. The van der Waals surface area contributed by atoms with Gasteiger partial charge in [0.25, 0.3) is 0 Å². The van der Waals surface area contributed by atoms with E-state index in [1.807, 2.05) is 0 Å². The third-order valence-corrected chi connectivity index (χ3v) is 3.41. The molecular weight excluding hydrogens is 327 g/mol. The Balaban J connectivity index is 2.52. The summed E-state index contributed by atoms with van der Waals surface area (Å²) >= 11 is 11.6. The minimum atomic E-state index is -2.80. The van der Waals surface area contributed by atoms with Crippen molar-refractivity contribution in [1.82, 2.24) is 5.32 Å². The Morgan fingerprint density at radius 1 is 1.24 bits per heavy atom. The number of aliphatic carboxylic acids is 1. The molecule has 4 nitrogen and oxygen atoms in total. The van der Waals surface area contributed by atoms with Crippen LogP contribution in [0.2, 0.25) is 10.0 Å². The molecule has 1 amide bonds. The van der Waals surface area contributed by atoms with E-state index in [2.05, 4.69) is 5.32 Å². The number of hydrogen-bond acceptors (Lipinski definition) is 2. The fourth-order valence-corrected chi connectivity index (χ4v) is 1.94. The van der Waals surface area contributed by atoms with Crippen LogP contribution in [0.1, 0.15) is 18.4 Å². The Morgan fingerprint density at radius 3 is 2.43 bits per heavy atom. The maximum absolute atomic E-state index is 12.2. The van der Waals surface area contributed by atoms with Crippen LogP contribution < -0.4 is 5.32 Å². The zero-order chi connectivity index (χ0) is 16.0. The Labute approximate surface area is 130 Å². The Morgan fingerprint density at radius 2 is 1.90 bits per heavy atom. The summed E-state index contributed by atoms with van der Waals surface area (Å²) in [6, 6.07) is 3.25. The maximum Gasteiger partial charge on any atom is 0.326 e. The van der Waals surface area contributed by atoms with E-state index in [1.165, 1.54) is 0 Å². The number of alkyl halides is 2. The molecule has 1 aromatic carbocycles. The molecule has 8 heteroatoms. The van der Waals surface area contributed by atoms with Crippen molar-refractivity contribution in [3.05, 3.63) is 33.8 Å². The van der Waals surface area contributed by atoms with Gasteiger partial charge in [-0.3, -0.25) is 4.79 Å². The topological polar surface area (TPSA) is 66.4 Å². The van der Waals surface area contributed by atoms with Crippen LogP contribution in [0.5, 0.6) is 0 Å². The lowest BCUT2D eigenvalue weighted by Gasteiger charge is -2.14. The molecule has 0 saturated heterocycles. The molecule has 0 spiro atoms. The number of halogens is 4. The molecule has 0 radical (unpaired) electrons. The summed E-state index contributed by atoms with van der Waals surface area (Å²) in [6.07, 6.45) is -3.47. The number of amides is 1. The van der Waals surface area contributed by atoms with Crippen molar-refractivity contribution in [2.75, 3.05) is 0 Å². The SMILES string of the molecule is O=C(CCc1ccc(Cl)c(Cl)c1)NC(CC(F)F)C(=O)O. The van der Waals surface area contributed by atoms with Crippen LogP contribution in [0.3, 0.4) is 0 Å². The number of carbonyl (C=O) groups excluding carboxylic acids is 1. The largest absolute Gasteiger partial charge is 0.480 e. The monoisotopic (exact) mass is 339 g/mol. The van der Waals surface area contributed by atoms with E-state index in [1.54, 1.807) is 18.2 Å². The van der Waals surface area contributed by atoms with Crippen LogP contribution in [-0.2, 0) is 16.0 Å². The third kappa shape index (κ3) is 6.27. The molecule has 0 aliphatic carbocycles. The Bertz CT molecular complexity index is 526. The normalized spacial score (nSPS) is 12.2. The van der Waals surface area contributed by atoms with E-state index in [0.717, 1.165) is 5.56 Å². The highest BCUT2D eigenvalue weighted by Crippen LogP contribution is 2.23. The van der Waals surface area contributed by atoms with Crippen molar-refractivity contribution in [3.8, 4) is 0 Å². The first-order valence-electron chi connectivity index (χ1n) is 6.04. The van der Waals surface area contributed by atoms with Crippen molar-refractivity contribution in [2.24, 2.45) is 0 Å². The predicted molar refractivity (Wildman–Crippen MR) is 75.0 cm³/mol. The van der Waals surface area contributed by atoms with Crippen LogP contribution >= 0.6 is 23.2 Å². The molecular formula is C13H13Cl2F2NO3. The molecule has 0 aromatic heterocycles. The summed E-state index contributed by atoms with van der Waals surface area (Å²) in [7, 11) is 0. The molecule has 1 aromatic rings. The molecule has 0 saturated carbocycles. The predicted octanol–water partition coefficient (Wildman–Crippen LogP) is 3.15. The summed E-state index contributed by atoms with van der Waals surface area (Å²) in [5, 5.41) is 11.5. The zero-order valence-electron chi connectivity index (χ0n) is 10.8. The highest BCUT2D eigenvalue weighted by atomic mass is 35.5. The van der Waals surface area contributed by atoms with Gasteiger partial charge < -0.3 is 10.4 Å². The van der Waals surface area contributed by atoms with Crippen LogP contribution in [-0.4, -0.2) is 29.5 Å². The molecule has 1 atom stereocenters. The fraction of sp³-hybridized carbons (Fsp3) is 0.385. The quantitative estimate of drug-likeness (QED) is 0.801. The third-order valence-electron chi connectivity index (χ3n) is 2.67. The number of hydrogen-bond donors (Lipinski definition) is 2. The average molecular weight is 340 g/mol. The first-order valence-corrected chi connectivity index (χ1v) is 6.79. The first-order chi connectivity index (χ1) is 9.79. The summed E-state index contributed by atoms with van der Waals surface area (Å²) in [6.45, 7) is 0. The van der Waals surface area contributed by atoms with Crippen molar-refractivity contribution >= 4 is 35.1 Å². The summed E-state index contributed by atoms with van der Waals surface area (Å²) in [5.41, 5.74) is 0.736. The minimum Gasteiger partial charge on any atom is -0.480 e. The molecule has 0 bridgehead atoms. The van der Waals surface area contributed by atoms with E-state index in [4.69, 9.17) is 28.3 Å². The lowest BCUT2D eigenvalue weighted by Crippen LogP contribution is -2.42. The fourth-order valence-electron chi connectivity index (χ4n) is 1.62. The number of aryl methyl sites for hydroxylation is 1. The van der Waals surface area contributed by atoms with Crippen LogP contribution in [0, 0.1) is 0 Å². The number of carboxylic acids is 1. The molecule has 0 heterocycles. The van der Waals surface area contributed by atoms with Crippen LogP contribution in [0.15, 0.2) is 18.2 Å². The lowest BCUT2D eigenvalue weighted by atomic mass is 10.1. The van der Waals surface area contributed by atoms with Gasteiger partial charge in [-0.15, -0.1) is 0 Å². The smallest absolute Gasteiger partial charge is 0.326 e. The molecule has 0 aliphatic heterocycles. The van der Waals surface area contributed by atoms with Crippen LogP contribution in [0.25, 0.3) is 0 Å². The van der Waals surface area contributed by atoms with Gasteiger partial charge in [-0.1, -0.05) is 29.3 Å². The molecule has 1 rings (SSSR count). The Hall–Kier alpha value is -1.40. The molecule has 21 heavy (non-hydrogen) atoms. The highest BCUT2D eigenvalue weighted by Gasteiger charge is 2.23. The lowest BCUT2D eigenvalue weighted by molar-refractivity contribution is -0.143. The highest BCUT2D eigenvalue weighted by molar-refractivity contribution is 6.42. The van der Waals surface area contributed by atoms with Gasteiger partial charge >= 0.3 is 5.97 Å². The molecule has 116 valence electrons. The van der Waals surface area contributed by atoms with Gasteiger partial charge in [0.2, 0.25) is 12.3 Å². The molecule has 0 aliphatic rings. The summed E-state index contributed by atoms with van der Waals surface area (Å²) in [5.74, 6) is -2.10. The van der Waals surface area contributed by atoms with Gasteiger partial charge in [-0.2, -0.15) is 0 Å². The number of nitrogens with one attached hydrogen (secondary N) is 1. The van der Waals surface area contributed by atoms with Crippen molar-refractivity contribution in [3.63, 3.8) is 0 Å². The van der Waals surface area contributed by atoms with Gasteiger partial charge in [-0.25, -0.2) is 13.6 Å².